The second-order valence-corrected chi connectivity index (χ2v) is 3.18. The number of nitrogens with zero attached hydrogens (tertiary/aromatic N) is 1. The second-order valence-electron chi connectivity index (χ2n) is 2.82. The summed E-state index contributed by atoms with van der Waals surface area (Å²) in [5.74, 6) is 1.49. The molecule has 1 aliphatic rings. The molecule has 0 radical (unpaired) electrons. The Balaban J connectivity index is 2.28. The maximum atomic E-state index is 8.78. The van der Waals surface area contributed by atoms with Crippen LogP contribution in [-0.4, -0.2) is 15.1 Å². The summed E-state index contributed by atoms with van der Waals surface area (Å²) in [5, 5.41) is 9.19. The topological polar surface area (TPSA) is 48.9 Å². The lowest BCUT2D eigenvalue weighted by molar-refractivity contribution is 0.277. The highest BCUT2D eigenvalue weighted by atomic mass is 35.5. The summed E-state index contributed by atoms with van der Waals surface area (Å²) in [6.07, 6.45) is 2.38. The summed E-state index contributed by atoms with van der Waals surface area (Å²) in [6, 6.07) is 0. The number of hydrogen-bond acceptors (Lipinski definition) is 2. The van der Waals surface area contributed by atoms with Crippen LogP contribution in [0.3, 0.4) is 0 Å². The zero-order valence-electron chi connectivity index (χ0n) is 5.97. The molecule has 0 aliphatic heterocycles. The first-order valence-electron chi connectivity index (χ1n) is 3.66. The molecule has 60 valence electrons. The molecule has 0 amide bonds. The number of halogens is 1. The fourth-order valence-electron chi connectivity index (χ4n) is 1.06. The van der Waals surface area contributed by atoms with Gasteiger partial charge in [0, 0.05) is 5.92 Å². The van der Waals surface area contributed by atoms with Crippen molar-refractivity contribution in [1.29, 1.82) is 0 Å². The van der Waals surface area contributed by atoms with Crippen LogP contribution in [0.25, 0.3) is 0 Å². The molecule has 3 nitrogen and oxygen atoms in total. The Kier molecular flexibility index (Phi) is 1.62. The predicted molar refractivity (Wildman–Crippen MR) is 41.5 cm³/mol. The Morgan fingerprint density at radius 1 is 1.64 bits per heavy atom. The second kappa shape index (κ2) is 2.50. The molecule has 1 aliphatic carbocycles. The molecule has 1 fully saturated rings. The van der Waals surface area contributed by atoms with E-state index in [-0.39, 0.29) is 6.61 Å². The summed E-state index contributed by atoms with van der Waals surface area (Å²) >= 11 is 5.71. The molecule has 2 N–H and O–H groups in total. The molecule has 11 heavy (non-hydrogen) atoms. The minimum absolute atomic E-state index is 0.0570. The van der Waals surface area contributed by atoms with Crippen LogP contribution in [0.4, 0.5) is 0 Å². The van der Waals surface area contributed by atoms with E-state index < -0.39 is 0 Å². The largest absolute Gasteiger partial charge is 0.390 e. The third kappa shape index (κ3) is 1.26. The summed E-state index contributed by atoms with van der Waals surface area (Å²) in [6.45, 7) is -0.0570. The molecule has 0 saturated heterocycles. The van der Waals surface area contributed by atoms with Gasteiger partial charge in [-0.25, -0.2) is 4.98 Å². The SMILES string of the molecule is OCc1[nH]c(C2CC2)nc1Cl. The van der Waals surface area contributed by atoms with Gasteiger partial charge in [-0.05, 0) is 12.8 Å². The number of H-pyrrole nitrogens is 1. The van der Waals surface area contributed by atoms with Crippen LogP contribution in [-0.2, 0) is 6.61 Å². The van der Waals surface area contributed by atoms with Crippen molar-refractivity contribution in [2.75, 3.05) is 0 Å². The maximum Gasteiger partial charge on any atom is 0.152 e. The van der Waals surface area contributed by atoms with Gasteiger partial charge >= 0.3 is 0 Å². The van der Waals surface area contributed by atoms with Crippen molar-refractivity contribution in [3.8, 4) is 0 Å². The number of nitrogens with one attached hydrogen (secondary N) is 1. The first kappa shape index (κ1) is 7.13. The molecule has 1 aromatic heterocycles. The molecule has 0 aromatic carbocycles. The first-order valence-corrected chi connectivity index (χ1v) is 4.04. The first-order chi connectivity index (χ1) is 5.31. The molecule has 0 spiro atoms. The van der Waals surface area contributed by atoms with Crippen LogP contribution in [0, 0.1) is 0 Å². The molecule has 0 unspecified atom stereocenters. The normalized spacial score (nSPS) is 17.3. The third-order valence-corrected chi connectivity index (χ3v) is 2.18. The lowest BCUT2D eigenvalue weighted by Crippen LogP contribution is -1.84. The number of rotatable bonds is 2. The highest BCUT2D eigenvalue weighted by Gasteiger charge is 2.27. The quantitative estimate of drug-likeness (QED) is 0.709. The lowest BCUT2D eigenvalue weighted by atomic mass is 10.4. The Morgan fingerprint density at radius 2 is 2.36 bits per heavy atom. The lowest BCUT2D eigenvalue weighted by Gasteiger charge is -1.87. The summed E-state index contributed by atoms with van der Waals surface area (Å²) in [7, 11) is 0. The summed E-state index contributed by atoms with van der Waals surface area (Å²) < 4.78 is 0. The van der Waals surface area contributed by atoms with Gasteiger partial charge in [-0.3, -0.25) is 0 Å². The molecular weight excluding hydrogens is 164 g/mol. The van der Waals surface area contributed by atoms with Crippen molar-refractivity contribution in [3.05, 3.63) is 16.7 Å². The molecule has 2 rings (SSSR count). The van der Waals surface area contributed by atoms with Crippen molar-refractivity contribution < 1.29 is 5.11 Å². The van der Waals surface area contributed by atoms with E-state index in [0.717, 1.165) is 5.82 Å². The van der Waals surface area contributed by atoms with Gasteiger partial charge in [-0.15, -0.1) is 0 Å². The van der Waals surface area contributed by atoms with Gasteiger partial charge in [0.15, 0.2) is 5.15 Å². The van der Waals surface area contributed by atoms with E-state index in [4.69, 9.17) is 16.7 Å². The van der Waals surface area contributed by atoms with Gasteiger partial charge in [-0.1, -0.05) is 11.6 Å². The van der Waals surface area contributed by atoms with E-state index in [2.05, 4.69) is 9.97 Å². The molecule has 0 bridgehead atoms. The molecule has 4 heteroatoms. The van der Waals surface area contributed by atoms with Crippen LogP contribution in [0.2, 0.25) is 5.15 Å². The highest BCUT2D eigenvalue weighted by Crippen LogP contribution is 2.39. The molecule has 1 aromatic rings. The molecule has 1 saturated carbocycles. The number of aliphatic hydroxyl groups excluding tert-OH is 1. The van der Waals surface area contributed by atoms with Gasteiger partial charge in [0.1, 0.15) is 5.82 Å². The number of aromatic nitrogens is 2. The Labute approximate surface area is 69.4 Å². The van der Waals surface area contributed by atoms with E-state index >= 15 is 0 Å². The third-order valence-electron chi connectivity index (χ3n) is 1.87. The maximum absolute atomic E-state index is 8.78. The van der Waals surface area contributed by atoms with E-state index in [1.54, 1.807) is 0 Å². The molecule has 1 heterocycles. The summed E-state index contributed by atoms with van der Waals surface area (Å²) in [4.78, 5) is 7.09. The predicted octanol–water partition coefficient (Wildman–Crippen LogP) is 1.43. The van der Waals surface area contributed by atoms with Crippen LogP contribution in [0.5, 0.6) is 0 Å². The van der Waals surface area contributed by atoms with Gasteiger partial charge in [0.2, 0.25) is 0 Å². The Morgan fingerprint density at radius 3 is 2.82 bits per heavy atom. The summed E-state index contributed by atoms with van der Waals surface area (Å²) in [5.41, 5.74) is 0.633. The van der Waals surface area contributed by atoms with E-state index in [0.29, 0.717) is 16.8 Å². The van der Waals surface area contributed by atoms with Crippen LogP contribution in [0.1, 0.15) is 30.3 Å². The van der Waals surface area contributed by atoms with Crippen molar-refractivity contribution in [2.45, 2.75) is 25.4 Å². The van der Waals surface area contributed by atoms with Crippen molar-refractivity contribution >= 4 is 11.6 Å². The van der Waals surface area contributed by atoms with Crippen molar-refractivity contribution in [3.63, 3.8) is 0 Å². The number of aliphatic hydroxyl groups is 1. The molecule has 0 atom stereocenters. The molecular formula is C7H9ClN2O. The average molecular weight is 173 g/mol. The van der Waals surface area contributed by atoms with Gasteiger partial charge < -0.3 is 10.1 Å². The monoisotopic (exact) mass is 172 g/mol. The Hall–Kier alpha value is -0.540. The minimum Gasteiger partial charge on any atom is -0.390 e. The zero-order valence-corrected chi connectivity index (χ0v) is 6.73. The standard InChI is InChI=1S/C7H9ClN2O/c8-6-5(3-11)9-7(10-6)4-1-2-4/h4,11H,1-3H2,(H,9,10). The highest BCUT2D eigenvalue weighted by molar-refractivity contribution is 6.30. The minimum atomic E-state index is -0.0570. The fourth-order valence-corrected chi connectivity index (χ4v) is 1.26. The van der Waals surface area contributed by atoms with E-state index in [1.807, 2.05) is 0 Å². The van der Waals surface area contributed by atoms with E-state index in [1.165, 1.54) is 12.8 Å². The van der Waals surface area contributed by atoms with Gasteiger partial charge in [-0.2, -0.15) is 0 Å². The van der Waals surface area contributed by atoms with Crippen molar-refractivity contribution in [1.82, 2.24) is 9.97 Å². The van der Waals surface area contributed by atoms with Crippen LogP contribution in [0.15, 0.2) is 0 Å². The van der Waals surface area contributed by atoms with Crippen LogP contribution < -0.4 is 0 Å². The van der Waals surface area contributed by atoms with Gasteiger partial charge in [0.25, 0.3) is 0 Å². The van der Waals surface area contributed by atoms with Crippen molar-refractivity contribution in [2.24, 2.45) is 0 Å². The zero-order chi connectivity index (χ0) is 7.84. The number of imidazole rings is 1. The smallest absolute Gasteiger partial charge is 0.152 e. The fraction of sp³-hybridized carbons (Fsp3) is 0.571. The Bertz CT molecular complexity index is 267. The average Bonchev–Trinajstić information content (AvgIpc) is 2.76. The number of hydrogen-bond donors (Lipinski definition) is 2. The van der Waals surface area contributed by atoms with E-state index in [9.17, 15) is 0 Å². The van der Waals surface area contributed by atoms with Gasteiger partial charge in [0.05, 0.1) is 12.3 Å². The number of aromatic amines is 1. The van der Waals surface area contributed by atoms with Crippen LogP contribution >= 0.6 is 11.6 Å².